The molecular weight excluding hydrogens is 547 g/mol. The number of nitrogen functional groups attached to an aromatic ring is 1. The topological polar surface area (TPSA) is 98.4 Å². The number of piperidine rings is 1. The number of carbonyl (C=O) groups excluding carboxylic acids is 2. The van der Waals surface area contributed by atoms with Gasteiger partial charge in [-0.25, -0.2) is 13.8 Å². The molecular formula is C29H27F5N4O3. The van der Waals surface area contributed by atoms with Crippen LogP contribution in [0.5, 0.6) is 5.75 Å². The molecule has 1 saturated heterocycles. The van der Waals surface area contributed by atoms with E-state index in [0.29, 0.717) is 12.2 Å². The fourth-order valence-electron chi connectivity index (χ4n) is 4.20. The van der Waals surface area contributed by atoms with Gasteiger partial charge in [0.25, 0.3) is 11.8 Å². The predicted octanol–water partition coefficient (Wildman–Crippen LogP) is 5.75. The van der Waals surface area contributed by atoms with E-state index in [1.807, 2.05) is 0 Å². The zero-order chi connectivity index (χ0) is 29.6. The molecule has 7 nitrogen and oxygen atoms in total. The van der Waals surface area contributed by atoms with Gasteiger partial charge in [-0.1, -0.05) is 6.07 Å². The molecule has 0 unspecified atom stereocenters. The van der Waals surface area contributed by atoms with Crippen LogP contribution in [0.2, 0.25) is 0 Å². The number of amides is 1. The Bertz CT molecular complexity index is 1400. The van der Waals surface area contributed by atoms with Gasteiger partial charge in [0.2, 0.25) is 0 Å². The van der Waals surface area contributed by atoms with Gasteiger partial charge in [0.1, 0.15) is 18.2 Å². The molecule has 2 aromatic heterocycles. The van der Waals surface area contributed by atoms with E-state index in [9.17, 15) is 31.5 Å². The van der Waals surface area contributed by atoms with Gasteiger partial charge in [0, 0.05) is 50.3 Å². The molecule has 3 heterocycles. The van der Waals surface area contributed by atoms with Crippen LogP contribution in [-0.4, -0.2) is 52.2 Å². The van der Waals surface area contributed by atoms with E-state index in [1.54, 1.807) is 18.3 Å². The summed E-state index contributed by atoms with van der Waals surface area (Å²) in [5.74, 6) is -3.53. The Labute approximate surface area is 232 Å². The van der Waals surface area contributed by atoms with Crippen molar-refractivity contribution in [2.75, 3.05) is 25.4 Å². The Kier molecular flexibility index (Phi) is 8.99. The highest BCUT2D eigenvalue weighted by atomic mass is 19.4. The number of likely N-dealkylation sites (tertiary alicyclic amines) is 1. The lowest BCUT2D eigenvalue weighted by molar-refractivity contribution is -0.138. The van der Waals surface area contributed by atoms with Crippen molar-refractivity contribution in [3.63, 3.8) is 0 Å². The van der Waals surface area contributed by atoms with Crippen molar-refractivity contribution in [1.29, 1.82) is 0 Å². The Morgan fingerprint density at radius 2 is 1.78 bits per heavy atom. The van der Waals surface area contributed by atoms with Crippen molar-refractivity contribution in [2.24, 2.45) is 0 Å². The summed E-state index contributed by atoms with van der Waals surface area (Å²) in [7, 11) is 0. The zero-order valence-corrected chi connectivity index (χ0v) is 21.8. The molecule has 1 aliphatic heterocycles. The maximum Gasteiger partial charge on any atom is 0.419 e. The molecule has 216 valence electrons. The Morgan fingerprint density at radius 3 is 2.41 bits per heavy atom. The SMILES string of the molecule is Nc1ccc(CCC(=O)/C=C/COc2ccc(-c3ccc(C(=O)N4CCC(F)(F)CC4)cn3)cc2C(F)(F)F)cn1. The molecule has 1 aliphatic rings. The lowest BCUT2D eigenvalue weighted by Crippen LogP contribution is -2.42. The molecule has 0 aliphatic carbocycles. The van der Waals surface area contributed by atoms with Crippen LogP contribution in [0.3, 0.4) is 0 Å². The second-order valence-electron chi connectivity index (χ2n) is 9.56. The van der Waals surface area contributed by atoms with Crippen LogP contribution >= 0.6 is 0 Å². The standard InChI is InChI=1S/C29H27F5N4O3/c30-28(31)11-13-38(14-12-28)27(40)21-5-8-24(36-18-21)20-6-9-25(23(16-20)29(32,33)34)41-15-1-2-22(39)7-3-19-4-10-26(35)37-17-19/h1-2,4-6,8-10,16-18H,3,7,11-15H2,(H2,35,37)/b2-1+. The number of halogens is 5. The summed E-state index contributed by atoms with van der Waals surface area (Å²) in [5, 5.41) is 0. The number of hydrogen-bond donors (Lipinski definition) is 1. The van der Waals surface area contributed by atoms with Crippen LogP contribution in [0.25, 0.3) is 11.3 Å². The molecule has 0 spiro atoms. The summed E-state index contributed by atoms with van der Waals surface area (Å²) >= 11 is 0. The van der Waals surface area contributed by atoms with Crippen molar-refractivity contribution in [2.45, 2.75) is 37.8 Å². The fourth-order valence-corrected chi connectivity index (χ4v) is 4.20. The first-order valence-electron chi connectivity index (χ1n) is 12.8. The number of aromatic nitrogens is 2. The molecule has 1 aromatic carbocycles. The number of carbonyl (C=O) groups is 2. The first kappa shape index (κ1) is 29.6. The minimum absolute atomic E-state index is 0.0886. The van der Waals surface area contributed by atoms with Crippen molar-refractivity contribution >= 4 is 17.5 Å². The van der Waals surface area contributed by atoms with Crippen LogP contribution in [0.1, 0.15) is 40.7 Å². The van der Waals surface area contributed by atoms with Gasteiger partial charge in [0.05, 0.1) is 16.8 Å². The third-order valence-corrected chi connectivity index (χ3v) is 6.52. The molecule has 1 amide bonds. The van der Waals surface area contributed by atoms with E-state index in [2.05, 4.69) is 9.97 Å². The highest BCUT2D eigenvalue weighted by Crippen LogP contribution is 2.38. The summed E-state index contributed by atoms with van der Waals surface area (Å²) in [6, 6.07) is 9.64. The first-order chi connectivity index (χ1) is 19.4. The van der Waals surface area contributed by atoms with E-state index >= 15 is 0 Å². The van der Waals surface area contributed by atoms with E-state index in [-0.39, 0.29) is 48.7 Å². The Balaban J connectivity index is 1.37. The van der Waals surface area contributed by atoms with E-state index in [0.717, 1.165) is 17.7 Å². The lowest BCUT2D eigenvalue weighted by atomic mass is 10.0. The minimum atomic E-state index is -4.73. The highest BCUT2D eigenvalue weighted by molar-refractivity contribution is 5.94. The number of hydrogen-bond acceptors (Lipinski definition) is 6. The number of allylic oxidation sites excluding steroid dienone is 1. The van der Waals surface area contributed by atoms with Crippen LogP contribution in [-0.2, 0) is 17.4 Å². The van der Waals surface area contributed by atoms with Crippen LogP contribution in [0.15, 0.2) is 67.0 Å². The smallest absolute Gasteiger partial charge is 0.419 e. The molecule has 3 aromatic rings. The van der Waals surface area contributed by atoms with Gasteiger partial charge >= 0.3 is 6.18 Å². The third kappa shape index (κ3) is 8.09. The molecule has 1 fully saturated rings. The zero-order valence-electron chi connectivity index (χ0n) is 21.8. The molecule has 2 N–H and O–H groups in total. The number of ketones is 1. The number of ether oxygens (including phenoxy) is 1. The van der Waals surface area contributed by atoms with Crippen LogP contribution in [0.4, 0.5) is 27.8 Å². The average molecular weight is 575 g/mol. The van der Waals surface area contributed by atoms with Gasteiger partial charge < -0.3 is 15.4 Å². The van der Waals surface area contributed by atoms with Gasteiger partial charge in [-0.05, 0) is 60.5 Å². The summed E-state index contributed by atoms with van der Waals surface area (Å²) < 4.78 is 73.5. The lowest BCUT2D eigenvalue weighted by Gasteiger charge is -2.31. The number of alkyl halides is 5. The fraction of sp³-hybridized carbons (Fsp3) is 0.310. The number of nitrogens with two attached hydrogens (primary N) is 1. The number of aryl methyl sites for hydroxylation is 1. The van der Waals surface area contributed by atoms with Gasteiger partial charge in [-0.2, -0.15) is 13.2 Å². The molecule has 12 heteroatoms. The summed E-state index contributed by atoms with van der Waals surface area (Å²) in [6.07, 6.45) is 0.446. The van der Waals surface area contributed by atoms with Crippen molar-refractivity contribution in [3.05, 3.63) is 83.7 Å². The average Bonchev–Trinajstić information content (AvgIpc) is 2.94. The van der Waals surface area contributed by atoms with Gasteiger partial charge in [-0.15, -0.1) is 0 Å². The normalized spacial score (nSPS) is 15.2. The number of benzene rings is 1. The Morgan fingerprint density at radius 1 is 1.02 bits per heavy atom. The minimum Gasteiger partial charge on any atom is -0.489 e. The quantitative estimate of drug-likeness (QED) is 0.258. The molecule has 0 atom stereocenters. The van der Waals surface area contributed by atoms with Gasteiger partial charge in [0.15, 0.2) is 5.78 Å². The largest absolute Gasteiger partial charge is 0.489 e. The van der Waals surface area contributed by atoms with Crippen molar-refractivity contribution in [1.82, 2.24) is 14.9 Å². The van der Waals surface area contributed by atoms with Crippen molar-refractivity contribution < 1.29 is 36.3 Å². The van der Waals surface area contributed by atoms with Crippen molar-refractivity contribution in [3.8, 4) is 17.0 Å². The van der Waals surface area contributed by atoms with E-state index in [1.165, 1.54) is 41.4 Å². The summed E-state index contributed by atoms with van der Waals surface area (Å²) in [4.78, 5) is 34.1. The number of pyridine rings is 2. The third-order valence-electron chi connectivity index (χ3n) is 6.52. The molecule has 0 bridgehead atoms. The number of nitrogens with zero attached hydrogens (tertiary/aromatic N) is 3. The van der Waals surface area contributed by atoms with E-state index < -0.39 is 42.2 Å². The van der Waals surface area contributed by atoms with Crippen LogP contribution in [0, 0.1) is 0 Å². The van der Waals surface area contributed by atoms with E-state index in [4.69, 9.17) is 10.5 Å². The maximum atomic E-state index is 13.8. The monoisotopic (exact) mass is 574 g/mol. The molecule has 0 radical (unpaired) electrons. The number of rotatable bonds is 9. The number of anilines is 1. The predicted molar refractivity (Wildman–Crippen MR) is 141 cm³/mol. The molecule has 41 heavy (non-hydrogen) atoms. The first-order valence-corrected chi connectivity index (χ1v) is 12.8. The van der Waals surface area contributed by atoms with Gasteiger partial charge in [-0.3, -0.25) is 14.6 Å². The van der Waals surface area contributed by atoms with Crippen LogP contribution < -0.4 is 10.5 Å². The Hall–Kier alpha value is -4.35. The highest BCUT2D eigenvalue weighted by Gasteiger charge is 2.36. The molecule has 0 saturated carbocycles. The second kappa shape index (κ2) is 12.4. The summed E-state index contributed by atoms with van der Waals surface area (Å²) in [6.45, 7) is -0.432. The second-order valence-corrected chi connectivity index (χ2v) is 9.56. The molecule has 4 rings (SSSR count). The summed E-state index contributed by atoms with van der Waals surface area (Å²) in [5.41, 5.74) is 5.81. The maximum absolute atomic E-state index is 13.8.